The largest absolute Gasteiger partial charge is 0.353 e. The number of nitrogens with zero attached hydrogens (tertiary/aromatic N) is 1. The van der Waals surface area contributed by atoms with Crippen molar-refractivity contribution in [2.24, 2.45) is 5.92 Å². The van der Waals surface area contributed by atoms with Gasteiger partial charge < -0.3 is 5.32 Å². The zero-order valence-electron chi connectivity index (χ0n) is 15.0. The topological polar surface area (TPSA) is 66.5 Å². The number of carbonyl (C=O) groups is 1. The Morgan fingerprint density at radius 1 is 1.08 bits per heavy atom. The summed E-state index contributed by atoms with van der Waals surface area (Å²) in [7, 11) is -3.44. The number of hydrogen-bond acceptors (Lipinski definition) is 3. The van der Waals surface area contributed by atoms with E-state index in [0.29, 0.717) is 17.1 Å². The fourth-order valence-electron chi connectivity index (χ4n) is 3.86. The first-order chi connectivity index (χ1) is 12.4. The quantitative estimate of drug-likeness (QED) is 0.827. The number of benzene rings is 1. The molecule has 0 radical (unpaired) electrons. The SMILES string of the molecule is O=C(NC1CCCCC1)[C@H]1CCCN(S(=O)(=O)Cc2ccc(Cl)cc2)C1. The molecule has 0 bridgehead atoms. The van der Waals surface area contributed by atoms with E-state index in [1.807, 2.05) is 0 Å². The van der Waals surface area contributed by atoms with E-state index in [-0.39, 0.29) is 30.2 Å². The van der Waals surface area contributed by atoms with Crippen molar-refractivity contribution in [2.75, 3.05) is 13.1 Å². The Labute approximate surface area is 161 Å². The first-order valence-corrected chi connectivity index (χ1v) is 11.5. The number of rotatable bonds is 5. The number of nitrogens with one attached hydrogen (secondary N) is 1. The van der Waals surface area contributed by atoms with Crippen LogP contribution < -0.4 is 5.32 Å². The summed E-state index contributed by atoms with van der Waals surface area (Å²) >= 11 is 5.86. The highest BCUT2D eigenvalue weighted by molar-refractivity contribution is 7.88. The summed E-state index contributed by atoms with van der Waals surface area (Å²) in [5.74, 6) is -0.282. The van der Waals surface area contributed by atoms with E-state index in [1.54, 1.807) is 24.3 Å². The minimum absolute atomic E-state index is 0.0169. The predicted molar refractivity (Wildman–Crippen MR) is 103 cm³/mol. The maximum Gasteiger partial charge on any atom is 0.224 e. The minimum Gasteiger partial charge on any atom is -0.353 e. The third-order valence-corrected chi connectivity index (χ3v) is 7.43. The van der Waals surface area contributed by atoms with E-state index in [0.717, 1.165) is 38.5 Å². The summed E-state index contributed by atoms with van der Waals surface area (Å²) in [6.45, 7) is 0.775. The predicted octanol–water partition coefficient (Wildman–Crippen LogP) is 3.33. The number of halogens is 1. The van der Waals surface area contributed by atoms with Crippen molar-refractivity contribution < 1.29 is 13.2 Å². The van der Waals surface area contributed by atoms with Crippen molar-refractivity contribution in [2.45, 2.75) is 56.7 Å². The summed E-state index contributed by atoms with van der Waals surface area (Å²) in [5.41, 5.74) is 0.711. The lowest BCUT2D eigenvalue weighted by Crippen LogP contribution is -2.48. The second-order valence-corrected chi connectivity index (χ2v) is 9.83. The van der Waals surface area contributed by atoms with Crippen LogP contribution in [0.5, 0.6) is 0 Å². The van der Waals surface area contributed by atoms with Gasteiger partial charge in [0.25, 0.3) is 0 Å². The van der Waals surface area contributed by atoms with Gasteiger partial charge in [-0.3, -0.25) is 4.79 Å². The molecular formula is C19H27ClN2O3S. The van der Waals surface area contributed by atoms with Crippen LogP contribution >= 0.6 is 11.6 Å². The highest BCUT2D eigenvalue weighted by Crippen LogP contribution is 2.24. The van der Waals surface area contributed by atoms with E-state index in [2.05, 4.69) is 5.32 Å². The fraction of sp³-hybridized carbons (Fsp3) is 0.632. The molecule has 0 spiro atoms. The smallest absolute Gasteiger partial charge is 0.224 e. The second kappa shape index (κ2) is 8.72. The maximum absolute atomic E-state index is 12.8. The molecule has 144 valence electrons. The first kappa shape index (κ1) is 19.6. The monoisotopic (exact) mass is 398 g/mol. The minimum atomic E-state index is -3.44. The van der Waals surface area contributed by atoms with Gasteiger partial charge in [0.1, 0.15) is 0 Å². The van der Waals surface area contributed by atoms with Crippen molar-refractivity contribution in [3.8, 4) is 0 Å². The van der Waals surface area contributed by atoms with Gasteiger partial charge in [-0.2, -0.15) is 0 Å². The molecule has 1 N–H and O–H groups in total. The molecule has 1 atom stereocenters. The molecule has 1 aromatic rings. The lowest BCUT2D eigenvalue weighted by molar-refractivity contribution is -0.127. The molecular weight excluding hydrogens is 372 g/mol. The normalized spacial score (nSPS) is 22.9. The average Bonchev–Trinajstić information content (AvgIpc) is 2.64. The zero-order chi connectivity index (χ0) is 18.6. The van der Waals surface area contributed by atoms with Crippen LogP contribution in [0.25, 0.3) is 0 Å². The highest BCUT2D eigenvalue weighted by atomic mass is 35.5. The van der Waals surface area contributed by atoms with Crippen LogP contribution in [-0.4, -0.2) is 37.8 Å². The lowest BCUT2D eigenvalue weighted by atomic mass is 9.93. The van der Waals surface area contributed by atoms with Gasteiger partial charge in [0, 0.05) is 24.2 Å². The molecule has 26 heavy (non-hydrogen) atoms. The summed E-state index contributed by atoms with van der Waals surface area (Å²) in [4.78, 5) is 12.6. The Kier molecular flexibility index (Phi) is 6.59. The molecule has 1 amide bonds. The molecule has 2 fully saturated rings. The molecule has 0 unspecified atom stereocenters. The molecule has 3 rings (SSSR count). The summed E-state index contributed by atoms with van der Waals surface area (Å²) in [5, 5.41) is 3.73. The lowest BCUT2D eigenvalue weighted by Gasteiger charge is -2.32. The van der Waals surface area contributed by atoms with Gasteiger partial charge >= 0.3 is 0 Å². The van der Waals surface area contributed by atoms with E-state index in [9.17, 15) is 13.2 Å². The van der Waals surface area contributed by atoms with Gasteiger partial charge in [0.2, 0.25) is 15.9 Å². The van der Waals surface area contributed by atoms with Crippen molar-refractivity contribution in [1.29, 1.82) is 0 Å². The van der Waals surface area contributed by atoms with E-state index >= 15 is 0 Å². The van der Waals surface area contributed by atoms with Gasteiger partial charge in [-0.15, -0.1) is 0 Å². The van der Waals surface area contributed by atoms with Crippen LogP contribution in [0.4, 0.5) is 0 Å². The molecule has 1 saturated carbocycles. The number of piperidine rings is 1. The third kappa shape index (κ3) is 5.21. The molecule has 2 aliphatic rings. The third-order valence-electron chi connectivity index (χ3n) is 5.36. The Morgan fingerprint density at radius 3 is 2.46 bits per heavy atom. The Bertz CT molecular complexity index is 715. The van der Waals surface area contributed by atoms with Crippen LogP contribution in [0.1, 0.15) is 50.5 Å². The van der Waals surface area contributed by atoms with E-state index in [1.165, 1.54) is 10.7 Å². The van der Waals surface area contributed by atoms with Gasteiger partial charge in [-0.1, -0.05) is 43.0 Å². The Hall–Kier alpha value is -1.11. The Balaban J connectivity index is 1.59. The zero-order valence-corrected chi connectivity index (χ0v) is 16.6. The van der Waals surface area contributed by atoms with Gasteiger partial charge in [0.15, 0.2) is 0 Å². The molecule has 1 heterocycles. The summed E-state index contributed by atoms with van der Waals surface area (Å²) < 4.78 is 27.0. The molecule has 1 saturated heterocycles. The van der Waals surface area contributed by atoms with Crippen molar-refractivity contribution in [3.05, 3.63) is 34.9 Å². The summed E-state index contributed by atoms with van der Waals surface area (Å²) in [6.07, 6.45) is 7.13. The number of carbonyl (C=O) groups excluding carboxylic acids is 1. The van der Waals surface area contributed by atoms with Gasteiger partial charge in [-0.05, 0) is 43.4 Å². The molecule has 7 heteroatoms. The molecule has 0 aromatic heterocycles. The molecule has 1 aromatic carbocycles. The van der Waals surface area contributed by atoms with Crippen LogP contribution in [-0.2, 0) is 20.6 Å². The van der Waals surface area contributed by atoms with Gasteiger partial charge in [0.05, 0.1) is 11.7 Å². The fourth-order valence-corrected chi connectivity index (χ4v) is 5.59. The highest BCUT2D eigenvalue weighted by Gasteiger charge is 2.33. The number of sulfonamides is 1. The van der Waals surface area contributed by atoms with Crippen LogP contribution in [0.2, 0.25) is 5.02 Å². The molecule has 5 nitrogen and oxygen atoms in total. The first-order valence-electron chi connectivity index (χ1n) is 9.47. The Morgan fingerprint density at radius 2 is 1.77 bits per heavy atom. The maximum atomic E-state index is 12.8. The number of amides is 1. The van der Waals surface area contributed by atoms with Crippen LogP contribution in [0.3, 0.4) is 0 Å². The average molecular weight is 399 g/mol. The van der Waals surface area contributed by atoms with Gasteiger partial charge in [-0.25, -0.2) is 12.7 Å². The van der Waals surface area contributed by atoms with Crippen LogP contribution in [0, 0.1) is 5.92 Å². The van der Waals surface area contributed by atoms with Crippen molar-refractivity contribution in [1.82, 2.24) is 9.62 Å². The number of hydrogen-bond donors (Lipinski definition) is 1. The summed E-state index contributed by atoms with van der Waals surface area (Å²) in [6, 6.07) is 7.12. The van der Waals surface area contributed by atoms with E-state index in [4.69, 9.17) is 11.6 Å². The molecule has 1 aliphatic carbocycles. The van der Waals surface area contributed by atoms with Crippen molar-refractivity contribution in [3.63, 3.8) is 0 Å². The van der Waals surface area contributed by atoms with Crippen LogP contribution in [0.15, 0.2) is 24.3 Å². The van der Waals surface area contributed by atoms with E-state index < -0.39 is 10.0 Å². The van der Waals surface area contributed by atoms with Crippen molar-refractivity contribution >= 4 is 27.5 Å². The molecule has 1 aliphatic heterocycles. The second-order valence-electron chi connectivity index (χ2n) is 7.42. The standard InChI is InChI=1S/C19H27ClN2O3S/c20-17-10-8-15(9-11-17)14-26(24,25)22-12-4-5-16(13-22)19(23)21-18-6-2-1-3-7-18/h8-11,16,18H,1-7,12-14H2,(H,21,23)/t16-/m0/s1.